The number of nitrogens with one attached hydrogen (secondary N) is 2. The Morgan fingerprint density at radius 2 is 1.96 bits per heavy atom. The lowest BCUT2D eigenvalue weighted by Gasteiger charge is -2.20. The monoisotopic (exact) mass is 376 g/mol. The van der Waals surface area contributed by atoms with Crippen LogP contribution < -0.4 is 16.4 Å². The summed E-state index contributed by atoms with van der Waals surface area (Å²) in [5.74, 6) is 0.394. The average molecular weight is 377 g/mol. The lowest BCUT2D eigenvalue weighted by Crippen LogP contribution is -2.31. The first-order chi connectivity index (χ1) is 12.2. The number of benzene rings is 1. The number of hydrogen-bond acceptors (Lipinski definition) is 5. The van der Waals surface area contributed by atoms with Crippen molar-refractivity contribution in [3.63, 3.8) is 0 Å². The maximum absolute atomic E-state index is 12.5. The number of aryl methyl sites for hydroxylation is 2. The van der Waals surface area contributed by atoms with Gasteiger partial charge < -0.3 is 5.32 Å². The Morgan fingerprint density at radius 1 is 1.15 bits per heavy atom. The van der Waals surface area contributed by atoms with Gasteiger partial charge in [-0.1, -0.05) is 17.3 Å². The maximum Gasteiger partial charge on any atom is 0.273 e. The fraction of sp³-hybridized carbons (Fsp3) is 0.412. The molecule has 1 fully saturated rings. The molecule has 2 aromatic heterocycles. The van der Waals surface area contributed by atoms with Gasteiger partial charge in [0.05, 0.1) is 29.6 Å². The van der Waals surface area contributed by atoms with Crippen molar-refractivity contribution in [1.29, 1.82) is 0 Å². The number of piperidine rings is 1. The lowest BCUT2D eigenvalue weighted by atomic mass is 9.97. The summed E-state index contributed by atoms with van der Waals surface area (Å²) in [5, 5.41) is 15.3. The molecule has 0 radical (unpaired) electrons. The third-order valence-corrected chi connectivity index (χ3v) is 4.71. The molecule has 8 nitrogen and oxygen atoms in total. The molecule has 1 atom stereocenters. The van der Waals surface area contributed by atoms with Gasteiger partial charge in [0.25, 0.3) is 11.1 Å². The van der Waals surface area contributed by atoms with Crippen molar-refractivity contribution < 1.29 is 0 Å². The summed E-state index contributed by atoms with van der Waals surface area (Å²) in [7, 11) is 0. The third kappa shape index (κ3) is 3.56. The van der Waals surface area contributed by atoms with Gasteiger partial charge in [-0.3, -0.25) is 19.4 Å². The second-order valence-corrected chi connectivity index (χ2v) is 6.39. The quantitative estimate of drug-likeness (QED) is 0.704. The normalized spacial score (nSPS) is 17.2. The maximum atomic E-state index is 12.5. The predicted octanol–water partition coefficient (Wildman–Crippen LogP) is 0.870. The van der Waals surface area contributed by atoms with Gasteiger partial charge in [-0.2, -0.15) is 0 Å². The number of hydrogen-bond donors (Lipinski definition) is 2. The Kier molecular flexibility index (Phi) is 5.53. The number of halogens is 1. The van der Waals surface area contributed by atoms with Crippen LogP contribution in [0.3, 0.4) is 0 Å². The van der Waals surface area contributed by atoms with Crippen molar-refractivity contribution in [2.45, 2.75) is 31.8 Å². The van der Waals surface area contributed by atoms with Gasteiger partial charge in [0.15, 0.2) is 0 Å². The Bertz CT molecular complexity index is 1000. The zero-order valence-corrected chi connectivity index (χ0v) is 15.0. The molecular formula is C17H21ClN6O2. The number of fused-ring (bicyclic) bond motifs is 1. The van der Waals surface area contributed by atoms with E-state index in [-0.39, 0.29) is 23.5 Å². The summed E-state index contributed by atoms with van der Waals surface area (Å²) in [6.07, 6.45) is 4.19. The number of H-pyrrole nitrogens is 1. The lowest BCUT2D eigenvalue weighted by molar-refractivity contribution is 0.454. The molecule has 4 rings (SSSR count). The van der Waals surface area contributed by atoms with Gasteiger partial charge in [-0.05, 0) is 31.5 Å². The second kappa shape index (κ2) is 7.84. The van der Waals surface area contributed by atoms with Crippen LogP contribution in [0.4, 0.5) is 0 Å². The minimum absolute atomic E-state index is 0. The molecule has 26 heavy (non-hydrogen) atoms. The first kappa shape index (κ1) is 18.3. The SMILES string of the molecule is Cl.O=c1[nH]n(CCn2cc(C3CCCNC3)nn2)c(=O)c2ccccc12. The van der Waals surface area contributed by atoms with E-state index in [0.717, 1.165) is 31.6 Å². The standard InChI is InChI=1S/C17H20N6O2.ClH/c24-16-13-5-1-2-6-14(13)17(25)23(20-16)9-8-22-11-15(19-21-22)12-4-3-7-18-10-12;/h1-2,5-6,11-12,18H,3-4,7-10H2,(H,20,24);1H. The van der Waals surface area contributed by atoms with Crippen molar-refractivity contribution in [3.05, 3.63) is 56.9 Å². The van der Waals surface area contributed by atoms with Crippen LogP contribution in [0.1, 0.15) is 24.5 Å². The van der Waals surface area contributed by atoms with Gasteiger partial charge in [0, 0.05) is 18.7 Å². The van der Waals surface area contributed by atoms with E-state index >= 15 is 0 Å². The zero-order valence-electron chi connectivity index (χ0n) is 14.2. The highest BCUT2D eigenvalue weighted by Gasteiger charge is 2.18. The number of rotatable bonds is 4. The summed E-state index contributed by atoms with van der Waals surface area (Å²) in [6.45, 7) is 2.80. The second-order valence-electron chi connectivity index (χ2n) is 6.39. The molecule has 1 aliphatic heterocycles. The first-order valence-electron chi connectivity index (χ1n) is 8.55. The van der Waals surface area contributed by atoms with Crippen LogP contribution in [0.25, 0.3) is 10.8 Å². The Morgan fingerprint density at radius 3 is 2.73 bits per heavy atom. The Balaban J connectivity index is 0.00000196. The van der Waals surface area contributed by atoms with Crippen molar-refractivity contribution >= 4 is 23.2 Å². The highest BCUT2D eigenvalue weighted by molar-refractivity contribution is 5.85. The molecule has 0 saturated carbocycles. The summed E-state index contributed by atoms with van der Waals surface area (Å²) in [4.78, 5) is 24.6. The average Bonchev–Trinajstić information content (AvgIpc) is 3.13. The zero-order chi connectivity index (χ0) is 17.2. The number of aromatic nitrogens is 5. The van der Waals surface area contributed by atoms with Gasteiger partial charge in [-0.25, -0.2) is 4.68 Å². The van der Waals surface area contributed by atoms with Crippen LogP contribution in [0.5, 0.6) is 0 Å². The molecule has 1 unspecified atom stereocenters. The van der Waals surface area contributed by atoms with Crippen molar-refractivity contribution in [2.24, 2.45) is 0 Å². The van der Waals surface area contributed by atoms with E-state index in [2.05, 4.69) is 20.7 Å². The summed E-state index contributed by atoms with van der Waals surface area (Å²) in [6, 6.07) is 6.84. The fourth-order valence-corrected chi connectivity index (χ4v) is 3.32. The van der Waals surface area contributed by atoms with Crippen LogP contribution in [0.15, 0.2) is 40.1 Å². The van der Waals surface area contributed by atoms with Gasteiger partial charge in [0.1, 0.15) is 0 Å². The van der Waals surface area contributed by atoms with Gasteiger partial charge in [0.2, 0.25) is 0 Å². The van der Waals surface area contributed by atoms with E-state index < -0.39 is 0 Å². The van der Waals surface area contributed by atoms with Crippen LogP contribution in [0, 0.1) is 0 Å². The number of aromatic amines is 1. The molecule has 1 aromatic carbocycles. The molecule has 138 valence electrons. The third-order valence-electron chi connectivity index (χ3n) is 4.71. The smallest absolute Gasteiger partial charge is 0.273 e. The fourth-order valence-electron chi connectivity index (χ4n) is 3.32. The molecule has 9 heteroatoms. The van der Waals surface area contributed by atoms with Crippen LogP contribution in [-0.4, -0.2) is 37.9 Å². The minimum atomic E-state index is -0.261. The molecule has 3 heterocycles. The number of nitrogens with zero attached hydrogens (tertiary/aromatic N) is 4. The highest BCUT2D eigenvalue weighted by atomic mass is 35.5. The van der Waals surface area contributed by atoms with Crippen LogP contribution >= 0.6 is 12.4 Å². The van der Waals surface area contributed by atoms with Crippen LogP contribution in [-0.2, 0) is 13.1 Å². The van der Waals surface area contributed by atoms with E-state index in [1.165, 1.54) is 4.68 Å². The molecule has 0 bridgehead atoms. The van der Waals surface area contributed by atoms with Crippen molar-refractivity contribution in [3.8, 4) is 0 Å². The Labute approximate surface area is 155 Å². The van der Waals surface area contributed by atoms with E-state index in [9.17, 15) is 9.59 Å². The Hall–Kier alpha value is -2.45. The molecule has 0 spiro atoms. The molecule has 3 aromatic rings. The predicted molar refractivity (Wildman–Crippen MR) is 101 cm³/mol. The van der Waals surface area contributed by atoms with E-state index in [1.807, 2.05) is 6.20 Å². The van der Waals surface area contributed by atoms with E-state index in [4.69, 9.17) is 0 Å². The van der Waals surface area contributed by atoms with Crippen LogP contribution in [0.2, 0.25) is 0 Å². The topological polar surface area (TPSA) is 97.6 Å². The molecule has 2 N–H and O–H groups in total. The molecule has 0 amide bonds. The van der Waals surface area contributed by atoms with Crippen molar-refractivity contribution in [1.82, 2.24) is 30.1 Å². The molecule has 1 aliphatic rings. The van der Waals surface area contributed by atoms with Gasteiger partial charge in [-0.15, -0.1) is 17.5 Å². The summed E-state index contributed by atoms with van der Waals surface area (Å²) >= 11 is 0. The molecule has 0 aliphatic carbocycles. The minimum Gasteiger partial charge on any atom is -0.316 e. The highest BCUT2D eigenvalue weighted by Crippen LogP contribution is 2.20. The van der Waals surface area contributed by atoms with E-state index in [1.54, 1.807) is 28.9 Å². The summed E-state index contributed by atoms with van der Waals surface area (Å²) < 4.78 is 3.07. The largest absolute Gasteiger partial charge is 0.316 e. The van der Waals surface area contributed by atoms with E-state index in [0.29, 0.717) is 29.8 Å². The molecule has 1 saturated heterocycles. The molecular weight excluding hydrogens is 356 g/mol. The summed E-state index contributed by atoms with van der Waals surface area (Å²) in [5.41, 5.74) is 0.515. The van der Waals surface area contributed by atoms with Crippen molar-refractivity contribution in [2.75, 3.05) is 13.1 Å². The first-order valence-corrected chi connectivity index (χ1v) is 8.55. The van der Waals surface area contributed by atoms with Gasteiger partial charge >= 0.3 is 0 Å².